The van der Waals surface area contributed by atoms with E-state index >= 15 is 0 Å². The van der Waals surface area contributed by atoms with Gasteiger partial charge in [-0.05, 0) is 66.7 Å². The summed E-state index contributed by atoms with van der Waals surface area (Å²) >= 11 is 12.8. The van der Waals surface area contributed by atoms with Crippen LogP contribution in [0.5, 0.6) is 11.5 Å². The van der Waals surface area contributed by atoms with Gasteiger partial charge in [-0.15, -0.1) is 11.3 Å². The summed E-state index contributed by atoms with van der Waals surface area (Å²) in [5.74, 6) is -0.382. The molecule has 1 N–H and O–H groups in total. The van der Waals surface area contributed by atoms with E-state index in [4.69, 9.17) is 28.6 Å². The first-order valence-corrected chi connectivity index (χ1v) is 13.8. The number of aromatic nitrogens is 2. The van der Waals surface area contributed by atoms with Crippen molar-refractivity contribution in [1.82, 2.24) is 14.9 Å². The summed E-state index contributed by atoms with van der Waals surface area (Å²) in [5.41, 5.74) is 2.45. The van der Waals surface area contributed by atoms with E-state index in [0.717, 1.165) is 21.3 Å². The number of benzene rings is 3. The van der Waals surface area contributed by atoms with E-state index < -0.39 is 11.8 Å². The Balaban J connectivity index is 1.25. The molecule has 6 rings (SSSR count). The lowest BCUT2D eigenvalue weighted by Crippen LogP contribution is -2.58. The molecule has 0 aliphatic carbocycles. The van der Waals surface area contributed by atoms with Crippen LogP contribution in [0.2, 0.25) is 4.47 Å². The van der Waals surface area contributed by atoms with Crippen LogP contribution < -0.4 is 15.0 Å². The number of nitrogens with one attached hydrogen (secondary N) is 1. The van der Waals surface area contributed by atoms with Crippen LogP contribution in [0, 0.1) is 5.92 Å². The predicted molar refractivity (Wildman–Crippen MR) is 157 cm³/mol. The Morgan fingerprint density at radius 1 is 0.974 bits per heavy atom. The van der Waals surface area contributed by atoms with E-state index in [1.54, 1.807) is 30.5 Å². The SMILES string of the molecule is O=C1NC(=S)N(c2ccc(Oc3ccccc3)cc2)C(=O)C1Cc1cn(Cc2cnc(Cl)s2)c2ccccc12. The first-order valence-electron chi connectivity index (χ1n) is 12.1. The molecule has 1 unspecified atom stereocenters. The third-order valence-electron chi connectivity index (χ3n) is 6.49. The zero-order chi connectivity index (χ0) is 26.9. The highest BCUT2D eigenvalue weighted by Gasteiger charge is 2.39. The van der Waals surface area contributed by atoms with Crippen molar-refractivity contribution in [2.24, 2.45) is 5.92 Å². The van der Waals surface area contributed by atoms with Gasteiger partial charge in [0, 0.05) is 28.2 Å². The number of rotatable bonds is 7. The van der Waals surface area contributed by atoms with Gasteiger partial charge in [0.25, 0.3) is 0 Å². The maximum absolute atomic E-state index is 13.7. The van der Waals surface area contributed by atoms with Gasteiger partial charge in [0.15, 0.2) is 9.58 Å². The second kappa shape index (κ2) is 10.6. The van der Waals surface area contributed by atoms with Gasteiger partial charge in [0.05, 0.1) is 12.2 Å². The summed E-state index contributed by atoms with van der Waals surface area (Å²) in [6, 6.07) is 24.4. The van der Waals surface area contributed by atoms with Gasteiger partial charge in [0.1, 0.15) is 17.4 Å². The highest BCUT2D eigenvalue weighted by atomic mass is 35.5. The van der Waals surface area contributed by atoms with Crippen LogP contribution in [-0.2, 0) is 22.6 Å². The Labute approximate surface area is 238 Å². The van der Waals surface area contributed by atoms with E-state index in [1.165, 1.54) is 16.2 Å². The molecule has 39 heavy (non-hydrogen) atoms. The van der Waals surface area contributed by atoms with E-state index in [-0.39, 0.29) is 17.4 Å². The first kappa shape index (κ1) is 25.2. The minimum Gasteiger partial charge on any atom is -0.457 e. The molecule has 1 saturated heterocycles. The number of para-hydroxylation sites is 2. The van der Waals surface area contributed by atoms with Gasteiger partial charge in [0.2, 0.25) is 11.8 Å². The molecule has 3 aromatic carbocycles. The zero-order valence-electron chi connectivity index (χ0n) is 20.4. The summed E-state index contributed by atoms with van der Waals surface area (Å²) in [7, 11) is 0. The summed E-state index contributed by atoms with van der Waals surface area (Å²) in [4.78, 5) is 33.2. The standard InChI is InChI=1S/C29H21ClN4O3S2/c30-28-31-15-22(39-28)17-33-16-18(23-8-4-5-9-25(23)33)14-24-26(35)32-29(38)34(27(24)36)19-10-12-21(13-11-19)37-20-6-2-1-3-7-20/h1-13,15-16,24H,14,17H2,(H,32,35,38). The number of ether oxygens (including phenoxy) is 1. The molecule has 2 aromatic heterocycles. The lowest BCUT2D eigenvalue weighted by Gasteiger charge is -2.32. The fourth-order valence-electron chi connectivity index (χ4n) is 4.69. The molecular formula is C29H21ClN4O3S2. The van der Waals surface area contributed by atoms with Gasteiger partial charge in [-0.1, -0.05) is 48.0 Å². The fraction of sp³-hybridized carbons (Fsp3) is 0.103. The van der Waals surface area contributed by atoms with Crippen LogP contribution in [0.3, 0.4) is 0 Å². The van der Waals surface area contributed by atoms with Crippen molar-refractivity contribution in [2.45, 2.75) is 13.0 Å². The quantitative estimate of drug-likeness (QED) is 0.186. The highest BCUT2D eigenvalue weighted by molar-refractivity contribution is 7.80. The summed E-state index contributed by atoms with van der Waals surface area (Å²) in [6.07, 6.45) is 3.98. The van der Waals surface area contributed by atoms with Crippen LogP contribution in [0.15, 0.2) is 91.3 Å². The molecule has 5 aromatic rings. The first-order chi connectivity index (χ1) is 19.0. The maximum Gasteiger partial charge on any atom is 0.246 e. The van der Waals surface area contributed by atoms with Crippen LogP contribution in [0.25, 0.3) is 10.9 Å². The molecule has 194 valence electrons. The van der Waals surface area contributed by atoms with E-state index in [2.05, 4.69) is 14.9 Å². The van der Waals surface area contributed by atoms with Crippen molar-refractivity contribution in [3.63, 3.8) is 0 Å². The number of carbonyl (C=O) groups is 2. The number of anilines is 1. The van der Waals surface area contributed by atoms with Crippen LogP contribution in [-0.4, -0.2) is 26.5 Å². The number of hydrogen-bond acceptors (Lipinski definition) is 6. The van der Waals surface area contributed by atoms with Gasteiger partial charge in [-0.2, -0.15) is 0 Å². The third kappa shape index (κ3) is 5.16. The van der Waals surface area contributed by atoms with Crippen molar-refractivity contribution >= 4 is 68.7 Å². The van der Waals surface area contributed by atoms with E-state index in [0.29, 0.717) is 28.2 Å². The fourth-order valence-corrected chi connectivity index (χ4v) is 5.96. The molecule has 0 spiro atoms. The summed E-state index contributed by atoms with van der Waals surface area (Å²) < 4.78 is 8.44. The Hall–Kier alpha value is -4.05. The maximum atomic E-state index is 13.7. The van der Waals surface area contributed by atoms with E-state index in [1.807, 2.05) is 60.8 Å². The molecule has 1 atom stereocenters. The van der Waals surface area contributed by atoms with Crippen molar-refractivity contribution < 1.29 is 14.3 Å². The van der Waals surface area contributed by atoms with Crippen LogP contribution in [0.4, 0.5) is 5.69 Å². The number of amides is 2. The molecule has 10 heteroatoms. The van der Waals surface area contributed by atoms with Gasteiger partial charge >= 0.3 is 0 Å². The lowest BCUT2D eigenvalue weighted by atomic mass is 9.95. The van der Waals surface area contributed by atoms with Crippen LogP contribution >= 0.6 is 35.2 Å². The number of nitrogens with zero attached hydrogens (tertiary/aromatic N) is 3. The topological polar surface area (TPSA) is 76.5 Å². The Morgan fingerprint density at radius 3 is 2.44 bits per heavy atom. The van der Waals surface area contributed by atoms with Crippen molar-refractivity contribution in [3.8, 4) is 11.5 Å². The summed E-state index contributed by atoms with van der Waals surface area (Å²) in [6.45, 7) is 0.587. The Kier molecular flexibility index (Phi) is 6.86. The lowest BCUT2D eigenvalue weighted by molar-refractivity contribution is -0.133. The molecule has 0 saturated carbocycles. The minimum atomic E-state index is -0.936. The van der Waals surface area contributed by atoms with Crippen molar-refractivity contribution in [2.75, 3.05) is 4.90 Å². The largest absolute Gasteiger partial charge is 0.457 e. The number of carbonyl (C=O) groups excluding carboxylic acids is 2. The monoisotopic (exact) mass is 572 g/mol. The Morgan fingerprint density at radius 2 is 1.69 bits per heavy atom. The average molecular weight is 573 g/mol. The van der Waals surface area contributed by atoms with Gasteiger partial charge < -0.3 is 14.6 Å². The van der Waals surface area contributed by atoms with Gasteiger partial charge in [-0.3, -0.25) is 14.5 Å². The smallest absolute Gasteiger partial charge is 0.246 e. The predicted octanol–water partition coefficient (Wildman–Crippen LogP) is 6.20. The molecule has 7 nitrogen and oxygen atoms in total. The molecule has 0 radical (unpaired) electrons. The molecule has 1 aliphatic rings. The molecule has 3 heterocycles. The summed E-state index contributed by atoms with van der Waals surface area (Å²) in [5, 5.41) is 3.76. The van der Waals surface area contributed by atoms with Crippen molar-refractivity contribution in [1.29, 1.82) is 0 Å². The second-order valence-electron chi connectivity index (χ2n) is 9.01. The van der Waals surface area contributed by atoms with E-state index in [9.17, 15) is 9.59 Å². The highest BCUT2D eigenvalue weighted by Crippen LogP contribution is 2.30. The third-order valence-corrected chi connectivity index (χ3v) is 7.87. The number of thiazole rings is 1. The molecule has 0 bridgehead atoms. The molecule has 1 aliphatic heterocycles. The molecule has 1 fully saturated rings. The van der Waals surface area contributed by atoms with Crippen molar-refractivity contribution in [3.05, 3.63) is 106 Å². The average Bonchev–Trinajstić information content (AvgIpc) is 3.51. The number of fused-ring (bicyclic) bond motifs is 1. The van der Waals surface area contributed by atoms with Crippen LogP contribution in [0.1, 0.15) is 10.4 Å². The molecular weight excluding hydrogens is 552 g/mol. The number of hydrogen-bond donors (Lipinski definition) is 1. The normalized spacial score (nSPS) is 15.6. The Bertz CT molecular complexity index is 1700. The number of thiocarbonyl (C=S) groups is 1. The number of halogens is 1. The second-order valence-corrected chi connectivity index (χ2v) is 11.1. The minimum absolute atomic E-state index is 0.0579. The zero-order valence-corrected chi connectivity index (χ0v) is 22.8. The van der Waals surface area contributed by atoms with Gasteiger partial charge in [-0.25, -0.2) is 4.98 Å². The molecule has 2 amide bonds.